The first-order chi connectivity index (χ1) is 11.5. The summed E-state index contributed by atoms with van der Waals surface area (Å²) in [5.41, 5.74) is 4.12. The fraction of sp³-hybridized carbons (Fsp3) is 0.286. The molecule has 0 fully saturated rings. The molecular weight excluding hydrogens is 298 g/mol. The molecule has 2 aromatic rings. The number of rotatable bonds is 7. The van der Waals surface area contributed by atoms with E-state index in [-0.39, 0.29) is 12.0 Å². The van der Waals surface area contributed by atoms with Gasteiger partial charge in [0.15, 0.2) is 0 Å². The molecule has 3 nitrogen and oxygen atoms in total. The first-order valence-corrected chi connectivity index (χ1v) is 8.12. The van der Waals surface area contributed by atoms with Gasteiger partial charge in [0.05, 0.1) is 7.11 Å². The molecule has 0 heterocycles. The number of carbonyl (C=O) groups is 1. The van der Waals surface area contributed by atoms with Crippen molar-refractivity contribution in [1.29, 1.82) is 0 Å². The number of esters is 1. The highest BCUT2D eigenvalue weighted by molar-refractivity contribution is 5.88. The Morgan fingerprint density at radius 3 is 2.33 bits per heavy atom. The number of methoxy groups -OCH3 is 1. The van der Waals surface area contributed by atoms with Crippen LogP contribution in [0.4, 0.5) is 0 Å². The number of aryl methyl sites for hydroxylation is 1. The lowest BCUT2D eigenvalue weighted by Gasteiger charge is -2.30. The standard InChI is InChI=1S/C21H25NO2/c1-16-10-12-20(13-11-16)18(3)22(14-17(2)21(23)24-4)15-19-8-6-5-7-9-19/h5-13,18H,2,14-15H2,1,3-4H3. The maximum Gasteiger partial charge on any atom is 0.334 e. The average molecular weight is 323 g/mol. The minimum absolute atomic E-state index is 0.159. The predicted molar refractivity (Wildman–Crippen MR) is 97.6 cm³/mol. The van der Waals surface area contributed by atoms with E-state index < -0.39 is 0 Å². The topological polar surface area (TPSA) is 29.5 Å². The molecular formula is C21H25NO2. The summed E-state index contributed by atoms with van der Waals surface area (Å²) in [6.45, 7) is 9.32. The van der Waals surface area contributed by atoms with Crippen molar-refractivity contribution in [1.82, 2.24) is 4.90 Å². The van der Waals surface area contributed by atoms with Gasteiger partial charge < -0.3 is 4.74 Å². The normalized spacial score (nSPS) is 12.0. The Kier molecular flexibility index (Phi) is 6.33. The van der Waals surface area contributed by atoms with Gasteiger partial charge in [0, 0.05) is 24.7 Å². The van der Waals surface area contributed by atoms with E-state index >= 15 is 0 Å². The molecule has 0 amide bonds. The smallest absolute Gasteiger partial charge is 0.334 e. The van der Waals surface area contributed by atoms with Crippen molar-refractivity contribution in [3.63, 3.8) is 0 Å². The summed E-state index contributed by atoms with van der Waals surface area (Å²) in [7, 11) is 1.39. The monoisotopic (exact) mass is 323 g/mol. The van der Waals surface area contributed by atoms with E-state index in [4.69, 9.17) is 4.74 Å². The van der Waals surface area contributed by atoms with Crippen molar-refractivity contribution in [2.45, 2.75) is 26.4 Å². The van der Waals surface area contributed by atoms with E-state index in [2.05, 4.69) is 61.7 Å². The predicted octanol–water partition coefficient (Wildman–Crippen LogP) is 4.29. The van der Waals surface area contributed by atoms with Gasteiger partial charge in [0.25, 0.3) is 0 Å². The molecule has 24 heavy (non-hydrogen) atoms. The van der Waals surface area contributed by atoms with Gasteiger partial charge in [-0.15, -0.1) is 0 Å². The molecule has 1 atom stereocenters. The highest BCUT2D eigenvalue weighted by atomic mass is 16.5. The summed E-state index contributed by atoms with van der Waals surface area (Å²) in [6, 6.07) is 18.9. The van der Waals surface area contributed by atoms with Crippen LogP contribution in [0, 0.1) is 6.92 Å². The highest BCUT2D eigenvalue weighted by Crippen LogP contribution is 2.24. The molecule has 0 bridgehead atoms. The lowest BCUT2D eigenvalue weighted by atomic mass is 10.0. The molecule has 0 radical (unpaired) electrons. The van der Waals surface area contributed by atoms with Crippen LogP contribution in [0.15, 0.2) is 66.7 Å². The summed E-state index contributed by atoms with van der Waals surface area (Å²) in [5.74, 6) is -0.357. The zero-order chi connectivity index (χ0) is 17.5. The van der Waals surface area contributed by atoms with Crippen LogP contribution in [0.25, 0.3) is 0 Å². The summed E-state index contributed by atoms with van der Waals surface area (Å²) in [6.07, 6.45) is 0. The van der Waals surface area contributed by atoms with Crippen molar-refractivity contribution in [2.75, 3.05) is 13.7 Å². The Labute approximate surface area is 144 Å². The average Bonchev–Trinajstić information content (AvgIpc) is 2.61. The number of ether oxygens (including phenoxy) is 1. The zero-order valence-corrected chi connectivity index (χ0v) is 14.7. The van der Waals surface area contributed by atoms with Gasteiger partial charge >= 0.3 is 5.97 Å². The van der Waals surface area contributed by atoms with Crippen molar-refractivity contribution in [2.24, 2.45) is 0 Å². The van der Waals surface area contributed by atoms with E-state index in [0.717, 1.165) is 6.54 Å². The van der Waals surface area contributed by atoms with Crippen LogP contribution in [0.5, 0.6) is 0 Å². The van der Waals surface area contributed by atoms with Crippen LogP contribution in [0.1, 0.15) is 29.7 Å². The molecule has 0 aromatic heterocycles. The molecule has 1 unspecified atom stereocenters. The minimum Gasteiger partial charge on any atom is -0.466 e. The molecule has 0 N–H and O–H groups in total. The van der Waals surface area contributed by atoms with Crippen LogP contribution in [-0.2, 0) is 16.1 Å². The maximum atomic E-state index is 11.8. The van der Waals surface area contributed by atoms with Gasteiger partial charge in [-0.2, -0.15) is 0 Å². The highest BCUT2D eigenvalue weighted by Gasteiger charge is 2.19. The second kappa shape index (κ2) is 8.46. The van der Waals surface area contributed by atoms with Crippen LogP contribution in [0.2, 0.25) is 0 Å². The summed E-state index contributed by atoms with van der Waals surface area (Å²) >= 11 is 0. The summed E-state index contributed by atoms with van der Waals surface area (Å²) in [5, 5.41) is 0. The van der Waals surface area contributed by atoms with Crippen molar-refractivity contribution >= 4 is 5.97 Å². The fourth-order valence-corrected chi connectivity index (χ4v) is 2.66. The molecule has 3 heteroatoms. The number of benzene rings is 2. The van der Waals surface area contributed by atoms with Gasteiger partial charge in [0.1, 0.15) is 0 Å². The van der Waals surface area contributed by atoms with E-state index in [1.807, 2.05) is 18.2 Å². The van der Waals surface area contributed by atoms with Gasteiger partial charge in [0.2, 0.25) is 0 Å². The minimum atomic E-state index is -0.357. The summed E-state index contributed by atoms with van der Waals surface area (Å²) in [4.78, 5) is 14.0. The van der Waals surface area contributed by atoms with Gasteiger partial charge in [-0.05, 0) is 25.0 Å². The Bertz CT molecular complexity index is 677. The molecule has 0 saturated heterocycles. The number of carbonyl (C=O) groups excluding carboxylic acids is 1. The van der Waals surface area contributed by atoms with Crippen LogP contribution in [0.3, 0.4) is 0 Å². The molecule has 0 aliphatic heterocycles. The third-order valence-corrected chi connectivity index (χ3v) is 4.20. The van der Waals surface area contributed by atoms with Gasteiger partial charge in [-0.3, -0.25) is 4.90 Å². The van der Waals surface area contributed by atoms with E-state index in [1.54, 1.807) is 0 Å². The number of hydrogen-bond donors (Lipinski definition) is 0. The largest absolute Gasteiger partial charge is 0.466 e. The fourth-order valence-electron chi connectivity index (χ4n) is 2.66. The van der Waals surface area contributed by atoms with Crippen molar-refractivity contribution in [3.8, 4) is 0 Å². The molecule has 0 aliphatic carbocycles. The number of nitrogens with zero attached hydrogens (tertiary/aromatic N) is 1. The lowest BCUT2D eigenvalue weighted by Crippen LogP contribution is -2.30. The maximum absolute atomic E-state index is 11.8. The van der Waals surface area contributed by atoms with Gasteiger partial charge in [-0.25, -0.2) is 4.79 Å². The second-order valence-corrected chi connectivity index (χ2v) is 6.07. The summed E-state index contributed by atoms with van der Waals surface area (Å²) < 4.78 is 4.80. The second-order valence-electron chi connectivity index (χ2n) is 6.07. The molecule has 2 aromatic carbocycles. The third kappa shape index (κ3) is 4.80. The first kappa shape index (κ1) is 18.0. The van der Waals surface area contributed by atoms with E-state index in [0.29, 0.717) is 12.1 Å². The molecule has 0 spiro atoms. The Morgan fingerprint density at radius 1 is 1.12 bits per heavy atom. The lowest BCUT2D eigenvalue weighted by molar-refractivity contribution is -0.136. The first-order valence-electron chi connectivity index (χ1n) is 8.12. The molecule has 0 saturated carbocycles. The van der Waals surface area contributed by atoms with E-state index in [9.17, 15) is 4.79 Å². The van der Waals surface area contributed by atoms with Crippen molar-refractivity contribution < 1.29 is 9.53 Å². The molecule has 0 aliphatic rings. The Balaban J connectivity index is 2.22. The zero-order valence-electron chi connectivity index (χ0n) is 14.7. The Hall–Kier alpha value is -2.39. The van der Waals surface area contributed by atoms with Crippen LogP contribution >= 0.6 is 0 Å². The van der Waals surface area contributed by atoms with E-state index in [1.165, 1.54) is 23.8 Å². The molecule has 126 valence electrons. The third-order valence-electron chi connectivity index (χ3n) is 4.20. The molecule has 2 rings (SSSR count). The van der Waals surface area contributed by atoms with Crippen LogP contribution in [-0.4, -0.2) is 24.5 Å². The number of hydrogen-bond acceptors (Lipinski definition) is 3. The van der Waals surface area contributed by atoms with Crippen molar-refractivity contribution in [3.05, 3.63) is 83.4 Å². The quantitative estimate of drug-likeness (QED) is 0.562. The Morgan fingerprint density at radius 2 is 1.75 bits per heavy atom. The van der Waals surface area contributed by atoms with Crippen LogP contribution < -0.4 is 0 Å². The SMILES string of the molecule is C=C(CN(Cc1ccccc1)C(C)c1ccc(C)cc1)C(=O)OC. The van der Waals surface area contributed by atoms with Gasteiger partial charge in [-0.1, -0.05) is 66.7 Å².